The summed E-state index contributed by atoms with van der Waals surface area (Å²) in [6.07, 6.45) is 0. The molecule has 1 aliphatic rings. The highest BCUT2D eigenvalue weighted by atomic mass is 16.1. The highest BCUT2D eigenvalue weighted by molar-refractivity contribution is 6.48. The van der Waals surface area contributed by atoms with Crippen LogP contribution in [-0.2, 0) is 0 Å². The Morgan fingerprint density at radius 3 is 2.30 bits per heavy atom. The number of hydrogen-bond acceptors (Lipinski definition) is 5. The molecule has 0 saturated carbocycles. The van der Waals surface area contributed by atoms with E-state index in [9.17, 15) is 4.79 Å². The minimum Gasteiger partial charge on any atom is -0.372 e. The van der Waals surface area contributed by atoms with E-state index >= 15 is 0 Å². The van der Waals surface area contributed by atoms with Crippen LogP contribution in [0.4, 0.5) is 11.4 Å². The molecule has 1 aromatic heterocycles. The Labute approximate surface area is 160 Å². The molecule has 1 aromatic carbocycles. The second-order valence-electron chi connectivity index (χ2n) is 7.05. The number of benzene rings is 1. The first-order valence-corrected chi connectivity index (χ1v) is 9.50. The van der Waals surface area contributed by atoms with Crippen molar-refractivity contribution in [3.8, 4) is 0 Å². The summed E-state index contributed by atoms with van der Waals surface area (Å²) in [5, 5.41) is 4.38. The topological polar surface area (TPSA) is 62.9 Å². The molecule has 0 radical (unpaired) electrons. The third-order valence-electron chi connectivity index (χ3n) is 4.89. The monoisotopic (exact) mass is 365 g/mol. The van der Waals surface area contributed by atoms with E-state index in [1.54, 1.807) is 0 Å². The van der Waals surface area contributed by atoms with Gasteiger partial charge in [-0.1, -0.05) is 13.8 Å². The van der Waals surface area contributed by atoms with E-state index in [0.717, 1.165) is 24.5 Å². The van der Waals surface area contributed by atoms with E-state index in [-0.39, 0.29) is 11.5 Å². The van der Waals surface area contributed by atoms with Gasteiger partial charge in [0.15, 0.2) is 5.82 Å². The van der Waals surface area contributed by atoms with Gasteiger partial charge in [0.2, 0.25) is 0 Å². The van der Waals surface area contributed by atoms with Gasteiger partial charge in [-0.15, -0.1) is 0 Å². The van der Waals surface area contributed by atoms with Crippen LogP contribution >= 0.6 is 0 Å². The predicted octanol–water partition coefficient (Wildman–Crippen LogP) is 3.88. The largest absolute Gasteiger partial charge is 0.372 e. The van der Waals surface area contributed by atoms with Crippen molar-refractivity contribution in [3.63, 3.8) is 0 Å². The zero-order valence-corrected chi connectivity index (χ0v) is 16.9. The van der Waals surface area contributed by atoms with Gasteiger partial charge in [0.25, 0.3) is 5.56 Å². The smallest absolute Gasteiger partial charge is 0.277 e. The van der Waals surface area contributed by atoms with Crippen LogP contribution in [0.25, 0.3) is 0 Å². The number of fused-ring (bicyclic) bond motifs is 1. The minimum atomic E-state index is -0.120. The normalized spacial score (nSPS) is 14.6. The quantitative estimate of drug-likeness (QED) is 0.808. The van der Waals surface area contributed by atoms with E-state index in [1.807, 2.05) is 39.8 Å². The highest BCUT2D eigenvalue weighted by Gasteiger charge is 2.26. The van der Waals surface area contributed by atoms with Crippen LogP contribution in [-0.4, -0.2) is 34.2 Å². The molecule has 0 unspecified atom stereocenters. The molecule has 2 aromatic rings. The first-order chi connectivity index (χ1) is 12.9. The fourth-order valence-electron chi connectivity index (χ4n) is 3.36. The van der Waals surface area contributed by atoms with Gasteiger partial charge in [-0.3, -0.25) is 4.79 Å². The predicted molar refractivity (Wildman–Crippen MR) is 112 cm³/mol. The fraction of sp³-hybridized carbons (Fsp3) is 0.429. The zero-order valence-electron chi connectivity index (χ0n) is 16.9. The van der Waals surface area contributed by atoms with Crippen LogP contribution in [0.15, 0.2) is 39.2 Å². The molecule has 6 heteroatoms. The van der Waals surface area contributed by atoms with Crippen LogP contribution in [0.3, 0.4) is 0 Å². The fourth-order valence-corrected chi connectivity index (χ4v) is 3.36. The third-order valence-corrected chi connectivity index (χ3v) is 4.89. The van der Waals surface area contributed by atoms with Gasteiger partial charge in [-0.2, -0.15) is 9.78 Å². The minimum absolute atomic E-state index is 0.120. The molecular weight excluding hydrogens is 338 g/mol. The molecule has 0 amide bonds. The summed E-state index contributed by atoms with van der Waals surface area (Å²) in [7, 11) is 0. The molecule has 0 N–H and O–H groups in total. The molecule has 2 heterocycles. The number of nitrogens with zero attached hydrogens (tertiary/aromatic N) is 5. The zero-order chi connectivity index (χ0) is 19.7. The third kappa shape index (κ3) is 3.44. The van der Waals surface area contributed by atoms with Gasteiger partial charge < -0.3 is 4.90 Å². The first kappa shape index (κ1) is 19.0. The van der Waals surface area contributed by atoms with Crippen LogP contribution in [0, 0.1) is 6.92 Å². The van der Waals surface area contributed by atoms with Crippen molar-refractivity contribution < 1.29 is 0 Å². The molecule has 142 valence electrons. The highest BCUT2D eigenvalue weighted by Crippen LogP contribution is 2.23. The molecule has 0 saturated heterocycles. The summed E-state index contributed by atoms with van der Waals surface area (Å²) in [6.45, 7) is 14.0. The van der Waals surface area contributed by atoms with Gasteiger partial charge >= 0.3 is 0 Å². The Morgan fingerprint density at radius 2 is 1.74 bits per heavy atom. The maximum Gasteiger partial charge on any atom is 0.277 e. The number of anilines is 1. The summed E-state index contributed by atoms with van der Waals surface area (Å²) in [5.41, 5.74) is 4.69. The van der Waals surface area contributed by atoms with Crippen LogP contribution in [0.2, 0.25) is 0 Å². The van der Waals surface area contributed by atoms with Gasteiger partial charge in [0.05, 0.1) is 17.1 Å². The Morgan fingerprint density at radius 1 is 1.11 bits per heavy atom. The van der Waals surface area contributed by atoms with Crippen molar-refractivity contribution in [1.82, 2.24) is 9.66 Å². The standard InChI is InChI=1S/C21H27N5O/c1-7-25(8-2)17-11-9-16(10-12-17)22-19-15(6)24-26-20(19)23-18(13(3)4)14(5)21(26)27/h9-13H,7-8H2,1-6H3. The molecule has 0 atom stereocenters. The van der Waals surface area contributed by atoms with Crippen molar-refractivity contribution >= 4 is 22.8 Å². The maximum atomic E-state index is 12.7. The molecule has 27 heavy (non-hydrogen) atoms. The van der Waals surface area contributed by atoms with E-state index in [1.165, 1.54) is 10.4 Å². The van der Waals surface area contributed by atoms with Crippen molar-refractivity contribution in [2.45, 2.75) is 47.5 Å². The second kappa shape index (κ2) is 7.47. The number of aliphatic imine (C=N–C) groups is 1. The second-order valence-corrected chi connectivity index (χ2v) is 7.05. The number of aromatic nitrogens is 2. The van der Waals surface area contributed by atoms with Crippen molar-refractivity contribution in [1.29, 1.82) is 0 Å². The van der Waals surface area contributed by atoms with Gasteiger partial charge in [0, 0.05) is 24.3 Å². The molecule has 0 fully saturated rings. The van der Waals surface area contributed by atoms with Crippen molar-refractivity contribution in [2.75, 3.05) is 18.0 Å². The Bertz CT molecular complexity index is 963. The summed E-state index contributed by atoms with van der Waals surface area (Å²) < 4.78 is 1.37. The SMILES string of the molecule is CCN(CC)c1ccc(N=C2C(C)=Nn3c2nc(C(C)C)c(C)c3=O)cc1. The van der Waals surface area contributed by atoms with Crippen LogP contribution < -0.4 is 10.5 Å². The van der Waals surface area contributed by atoms with E-state index in [2.05, 4.69) is 36.0 Å². The van der Waals surface area contributed by atoms with Gasteiger partial charge in [0.1, 0.15) is 5.71 Å². The maximum absolute atomic E-state index is 12.7. The summed E-state index contributed by atoms with van der Waals surface area (Å²) in [4.78, 5) is 24.4. The Kier molecular flexibility index (Phi) is 5.26. The van der Waals surface area contributed by atoms with Crippen LogP contribution in [0.1, 0.15) is 57.6 Å². The molecule has 0 spiro atoms. The molecule has 0 bridgehead atoms. The number of rotatable bonds is 5. The molecule has 0 aliphatic carbocycles. The van der Waals surface area contributed by atoms with E-state index in [0.29, 0.717) is 22.8 Å². The van der Waals surface area contributed by atoms with Crippen molar-refractivity contribution in [3.05, 3.63) is 51.7 Å². The lowest BCUT2D eigenvalue weighted by molar-refractivity contribution is 0.729. The Balaban J connectivity index is 2.05. The number of hydrogen-bond donors (Lipinski definition) is 0. The summed E-state index contributed by atoms with van der Waals surface area (Å²) >= 11 is 0. The average molecular weight is 365 g/mol. The van der Waals surface area contributed by atoms with Crippen LogP contribution in [0.5, 0.6) is 0 Å². The summed E-state index contributed by atoms with van der Waals surface area (Å²) in [5.74, 6) is 0.693. The van der Waals surface area contributed by atoms with Gasteiger partial charge in [-0.05, 0) is 57.9 Å². The van der Waals surface area contributed by atoms with E-state index in [4.69, 9.17) is 9.98 Å². The lowest BCUT2D eigenvalue weighted by Crippen LogP contribution is -2.26. The van der Waals surface area contributed by atoms with E-state index < -0.39 is 0 Å². The summed E-state index contributed by atoms with van der Waals surface area (Å²) in [6, 6.07) is 8.13. The average Bonchev–Trinajstić information content (AvgIpc) is 2.96. The van der Waals surface area contributed by atoms with Crippen molar-refractivity contribution in [2.24, 2.45) is 10.1 Å². The molecule has 6 nitrogen and oxygen atoms in total. The lowest BCUT2D eigenvalue weighted by Gasteiger charge is -2.20. The lowest BCUT2D eigenvalue weighted by atomic mass is 10.1. The van der Waals surface area contributed by atoms with Gasteiger partial charge in [-0.25, -0.2) is 9.98 Å². The molecular formula is C21H27N5O. The Hall–Kier alpha value is -2.76. The molecule has 3 rings (SSSR count). The molecule has 1 aliphatic heterocycles. The first-order valence-electron chi connectivity index (χ1n) is 9.50.